The Morgan fingerprint density at radius 1 is 1.24 bits per heavy atom. The normalized spacial score (nSPS) is 18.5. The first-order chi connectivity index (χ1) is 10.3. The number of nitrogens with two attached hydrogens (primary N) is 1. The van der Waals surface area contributed by atoms with Crippen molar-refractivity contribution in [2.75, 3.05) is 18.0 Å². The monoisotopic (exact) mass is 280 g/mol. The van der Waals surface area contributed by atoms with Crippen LogP contribution in [0.15, 0.2) is 36.5 Å². The van der Waals surface area contributed by atoms with Gasteiger partial charge < -0.3 is 10.6 Å². The predicted octanol–water partition coefficient (Wildman–Crippen LogP) is 1.56. The standard InChI is InChI=1S/C15H16N6/c16-11-6-8-21(9-11)15-18-14(19-20-15)12-5-1-3-10-4-2-7-17-13(10)12/h1-5,7,11H,6,8-9,16H2,(H,18,19,20). The zero-order valence-electron chi connectivity index (χ0n) is 11.5. The summed E-state index contributed by atoms with van der Waals surface area (Å²) in [6.07, 6.45) is 2.78. The Bertz CT molecular complexity index is 775. The molecule has 0 saturated carbocycles. The Morgan fingerprint density at radius 3 is 3.00 bits per heavy atom. The highest BCUT2D eigenvalue weighted by molar-refractivity contribution is 5.91. The van der Waals surface area contributed by atoms with Gasteiger partial charge in [0.1, 0.15) is 0 Å². The van der Waals surface area contributed by atoms with Crippen LogP contribution in [0.3, 0.4) is 0 Å². The minimum atomic E-state index is 0.214. The minimum absolute atomic E-state index is 0.214. The second kappa shape index (κ2) is 4.82. The Kier molecular flexibility index (Phi) is 2.82. The van der Waals surface area contributed by atoms with E-state index in [2.05, 4.69) is 25.1 Å². The number of hydrogen-bond acceptors (Lipinski definition) is 5. The number of hydrogen-bond donors (Lipinski definition) is 2. The van der Waals surface area contributed by atoms with Crippen LogP contribution in [0.1, 0.15) is 6.42 Å². The molecule has 1 aliphatic rings. The van der Waals surface area contributed by atoms with Gasteiger partial charge in [0.15, 0.2) is 5.82 Å². The fourth-order valence-electron chi connectivity index (χ4n) is 2.78. The van der Waals surface area contributed by atoms with Gasteiger partial charge in [-0.05, 0) is 18.6 Å². The van der Waals surface area contributed by atoms with E-state index in [0.717, 1.165) is 41.8 Å². The highest BCUT2D eigenvalue weighted by Crippen LogP contribution is 2.26. The summed E-state index contributed by atoms with van der Waals surface area (Å²) < 4.78 is 0. The van der Waals surface area contributed by atoms with E-state index < -0.39 is 0 Å². The van der Waals surface area contributed by atoms with Crippen molar-refractivity contribution in [2.45, 2.75) is 12.5 Å². The molecule has 3 N–H and O–H groups in total. The molecule has 1 aliphatic heterocycles. The fraction of sp³-hybridized carbons (Fsp3) is 0.267. The lowest BCUT2D eigenvalue weighted by molar-refractivity contribution is 0.750. The van der Waals surface area contributed by atoms with Gasteiger partial charge >= 0.3 is 0 Å². The van der Waals surface area contributed by atoms with E-state index in [1.54, 1.807) is 6.20 Å². The van der Waals surface area contributed by atoms with Gasteiger partial charge in [0.25, 0.3) is 0 Å². The van der Waals surface area contributed by atoms with Gasteiger partial charge in [-0.3, -0.25) is 10.1 Å². The summed E-state index contributed by atoms with van der Waals surface area (Å²) in [5.74, 6) is 1.46. The SMILES string of the molecule is NC1CCN(c2n[nH]c(-c3cccc4cccnc34)n2)C1. The zero-order valence-corrected chi connectivity index (χ0v) is 11.5. The maximum absolute atomic E-state index is 5.94. The minimum Gasteiger partial charge on any atom is -0.338 e. The van der Waals surface area contributed by atoms with Crippen molar-refractivity contribution in [3.63, 3.8) is 0 Å². The molecule has 1 unspecified atom stereocenters. The third-order valence-corrected chi connectivity index (χ3v) is 3.87. The molecule has 4 rings (SSSR count). The van der Waals surface area contributed by atoms with Crippen molar-refractivity contribution in [2.24, 2.45) is 5.73 Å². The van der Waals surface area contributed by atoms with Gasteiger partial charge in [0.05, 0.1) is 5.52 Å². The Hall–Kier alpha value is -2.47. The average molecular weight is 280 g/mol. The van der Waals surface area contributed by atoms with Gasteiger partial charge in [0, 0.05) is 36.3 Å². The molecule has 1 aromatic carbocycles. The molecule has 106 valence electrons. The molecule has 0 spiro atoms. The quantitative estimate of drug-likeness (QED) is 0.744. The van der Waals surface area contributed by atoms with Gasteiger partial charge in [-0.25, -0.2) is 0 Å². The summed E-state index contributed by atoms with van der Waals surface area (Å²) in [4.78, 5) is 11.2. The first kappa shape index (κ1) is 12.3. The molecule has 3 aromatic rings. The van der Waals surface area contributed by atoms with Crippen LogP contribution in [0.4, 0.5) is 5.95 Å². The molecule has 3 heterocycles. The van der Waals surface area contributed by atoms with Crippen LogP contribution in [0.25, 0.3) is 22.3 Å². The van der Waals surface area contributed by atoms with Crippen LogP contribution in [0.2, 0.25) is 0 Å². The van der Waals surface area contributed by atoms with Crippen molar-refractivity contribution in [3.05, 3.63) is 36.5 Å². The van der Waals surface area contributed by atoms with E-state index in [9.17, 15) is 0 Å². The van der Waals surface area contributed by atoms with Gasteiger partial charge in [-0.15, -0.1) is 5.10 Å². The van der Waals surface area contributed by atoms with E-state index >= 15 is 0 Å². The first-order valence-electron chi connectivity index (χ1n) is 7.08. The van der Waals surface area contributed by atoms with Gasteiger partial charge in [-0.1, -0.05) is 18.2 Å². The number of benzene rings is 1. The Morgan fingerprint density at radius 2 is 2.14 bits per heavy atom. The molecule has 1 fully saturated rings. The number of rotatable bonds is 2. The molecule has 6 nitrogen and oxygen atoms in total. The summed E-state index contributed by atoms with van der Waals surface area (Å²) in [6, 6.07) is 10.3. The molecule has 1 saturated heterocycles. The van der Waals surface area contributed by atoms with Crippen LogP contribution in [-0.2, 0) is 0 Å². The predicted molar refractivity (Wildman–Crippen MR) is 81.9 cm³/mol. The molecular weight excluding hydrogens is 264 g/mol. The van der Waals surface area contributed by atoms with Crippen molar-refractivity contribution in [3.8, 4) is 11.4 Å². The highest BCUT2D eigenvalue weighted by atomic mass is 15.4. The van der Waals surface area contributed by atoms with Crippen molar-refractivity contribution >= 4 is 16.9 Å². The lowest BCUT2D eigenvalue weighted by atomic mass is 10.1. The van der Waals surface area contributed by atoms with Crippen LogP contribution >= 0.6 is 0 Å². The number of para-hydroxylation sites is 1. The van der Waals surface area contributed by atoms with E-state index in [1.165, 1.54) is 0 Å². The number of nitrogens with zero attached hydrogens (tertiary/aromatic N) is 4. The largest absolute Gasteiger partial charge is 0.338 e. The molecule has 21 heavy (non-hydrogen) atoms. The maximum Gasteiger partial charge on any atom is 0.245 e. The topological polar surface area (TPSA) is 83.7 Å². The molecule has 1 atom stereocenters. The average Bonchev–Trinajstić information content (AvgIpc) is 3.15. The summed E-state index contributed by atoms with van der Waals surface area (Å²) in [5.41, 5.74) is 7.84. The van der Waals surface area contributed by atoms with Gasteiger partial charge in [-0.2, -0.15) is 4.98 Å². The second-order valence-corrected chi connectivity index (χ2v) is 5.36. The lowest BCUT2D eigenvalue weighted by Gasteiger charge is -2.11. The third kappa shape index (κ3) is 2.13. The molecule has 2 aromatic heterocycles. The molecule has 0 aliphatic carbocycles. The number of aromatic amines is 1. The zero-order chi connectivity index (χ0) is 14.2. The van der Waals surface area contributed by atoms with E-state index in [0.29, 0.717) is 5.95 Å². The molecule has 0 amide bonds. The molecule has 0 bridgehead atoms. The number of nitrogens with one attached hydrogen (secondary N) is 1. The van der Waals surface area contributed by atoms with E-state index in [-0.39, 0.29) is 6.04 Å². The lowest BCUT2D eigenvalue weighted by Crippen LogP contribution is -2.26. The second-order valence-electron chi connectivity index (χ2n) is 5.36. The van der Waals surface area contributed by atoms with Crippen LogP contribution in [0, 0.1) is 0 Å². The van der Waals surface area contributed by atoms with Crippen LogP contribution in [0.5, 0.6) is 0 Å². The summed E-state index contributed by atoms with van der Waals surface area (Å²) in [6.45, 7) is 1.72. The number of pyridine rings is 1. The number of fused-ring (bicyclic) bond motifs is 1. The van der Waals surface area contributed by atoms with Gasteiger partial charge in [0.2, 0.25) is 5.95 Å². The Balaban J connectivity index is 1.74. The Labute approximate surface area is 122 Å². The first-order valence-corrected chi connectivity index (χ1v) is 7.08. The van der Waals surface area contributed by atoms with Crippen LogP contribution < -0.4 is 10.6 Å². The maximum atomic E-state index is 5.94. The molecule has 6 heteroatoms. The third-order valence-electron chi connectivity index (χ3n) is 3.87. The van der Waals surface area contributed by atoms with Crippen molar-refractivity contribution in [1.82, 2.24) is 20.2 Å². The highest BCUT2D eigenvalue weighted by Gasteiger charge is 2.22. The molecule has 0 radical (unpaired) electrons. The smallest absolute Gasteiger partial charge is 0.245 e. The summed E-state index contributed by atoms with van der Waals surface area (Å²) in [5, 5.41) is 8.44. The summed E-state index contributed by atoms with van der Waals surface area (Å²) in [7, 11) is 0. The van der Waals surface area contributed by atoms with Crippen LogP contribution in [-0.4, -0.2) is 39.3 Å². The molecular formula is C15H16N6. The van der Waals surface area contributed by atoms with E-state index in [1.807, 2.05) is 30.3 Å². The number of aromatic nitrogens is 4. The number of anilines is 1. The van der Waals surface area contributed by atoms with Crippen molar-refractivity contribution < 1.29 is 0 Å². The van der Waals surface area contributed by atoms with E-state index in [4.69, 9.17) is 5.73 Å². The summed E-state index contributed by atoms with van der Waals surface area (Å²) >= 11 is 0. The fourth-order valence-corrected chi connectivity index (χ4v) is 2.78. The van der Waals surface area contributed by atoms with Crippen molar-refractivity contribution in [1.29, 1.82) is 0 Å². The number of H-pyrrole nitrogens is 1.